The van der Waals surface area contributed by atoms with E-state index in [0.29, 0.717) is 11.1 Å². The van der Waals surface area contributed by atoms with E-state index in [-0.39, 0.29) is 0 Å². The van der Waals surface area contributed by atoms with Gasteiger partial charge < -0.3 is 0 Å². The van der Waals surface area contributed by atoms with E-state index >= 15 is 0 Å². The summed E-state index contributed by atoms with van der Waals surface area (Å²) in [4.78, 5) is 0. The van der Waals surface area contributed by atoms with Gasteiger partial charge >= 0.3 is 0 Å². The molecule has 0 saturated carbocycles. The van der Waals surface area contributed by atoms with Gasteiger partial charge in [0.1, 0.15) is 12.1 Å². The molecule has 0 spiro atoms. The van der Waals surface area contributed by atoms with Crippen LogP contribution in [0.5, 0.6) is 0 Å². The van der Waals surface area contributed by atoms with Gasteiger partial charge in [-0.1, -0.05) is 30.3 Å². The molecule has 0 atom stereocenters. The van der Waals surface area contributed by atoms with Crippen LogP contribution in [-0.2, 0) is 0 Å². The lowest BCUT2D eigenvalue weighted by Gasteiger charge is -2.04. The molecule has 0 N–H and O–H groups in total. The summed E-state index contributed by atoms with van der Waals surface area (Å²) in [7, 11) is 0. The molecular weight excluding hydrogens is 184 g/mol. The fourth-order valence-electron chi connectivity index (χ4n) is 1.75. The van der Waals surface area contributed by atoms with Crippen molar-refractivity contribution < 1.29 is 0 Å². The van der Waals surface area contributed by atoms with Crippen molar-refractivity contribution in [3.8, 4) is 12.1 Å². The van der Waals surface area contributed by atoms with Gasteiger partial charge in [0.05, 0.1) is 11.1 Å². The molecular formula is C13H8N2. The lowest BCUT2D eigenvalue weighted by molar-refractivity contribution is 1.38. The molecule has 2 aromatic carbocycles. The molecule has 0 amide bonds. The summed E-state index contributed by atoms with van der Waals surface area (Å²) in [6, 6.07) is 13.7. The molecule has 15 heavy (non-hydrogen) atoms. The van der Waals surface area contributed by atoms with Crippen molar-refractivity contribution in [3.63, 3.8) is 0 Å². The Bertz CT molecular complexity index is 613. The van der Waals surface area contributed by atoms with E-state index in [1.165, 1.54) is 0 Å². The molecule has 0 saturated heterocycles. The predicted molar refractivity (Wildman–Crippen MR) is 58.1 cm³/mol. The van der Waals surface area contributed by atoms with E-state index in [1.54, 1.807) is 0 Å². The van der Waals surface area contributed by atoms with Crippen molar-refractivity contribution in [3.05, 3.63) is 47.0 Å². The molecule has 0 radical (unpaired) electrons. The zero-order chi connectivity index (χ0) is 10.8. The van der Waals surface area contributed by atoms with Gasteiger partial charge in [-0.2, -0.15) is 10.5 Å². The van der Waals surface area contributed by atoms with Crippen LogP contribution >= 0.6 is 0 Å². The number of aryl methyl sites for hydroxylation is 1. The summed E-state index contributed by atoms with van der Waals surface area (Å²) in [5.74, 6) is 0. The van der Waals surface area contributed by atoms with Crippen molar-refractivity contribution in [2.75, 3.05) is 0 Å². The third-order valence-corrected chi connectivity index (χ3v) is 2.47. The van der Waals surface area contributed by atoms with Gasteiger partial charge in [-0.3, -0.25) is 0 Å². The van der Waals surface area contributed by atoms with Crippen LogP contribution in [0.3, 0.4) is 0 Å². The first-order valence-electron chi connectivity index (χ1n) is 4.60. The molecule has 0 aliphatic heterocycles. The molecule has 2 aromatic rings. The highest BCUT2D eigenvalue weighted by Crippen LogP contribution is 2.24. The Kier molecular flexibility index (Phi) is 2.12. The van der Waals surface area contributed by atoms with E-state index in [2.05, 4.69) is 12.1 Å². The normalized spacial score (nSPS) is 9.53. The third-order valence-electron chi connectivity index (χ3n) is 2.47. The molecule has 2 rings (SSSR count). The van der Waals surface area contributed by atoms with E-state index in [4.69, 9.17) is 10.5 Å². The maximum absolute atomic E-state index is 9.07. The summed E-state index contributed by atoms with van der Waals surface area (Å²) in [5, 5.41) is 19.9. The van der Waals surface area contributed by atoms with E-state index in [9.17, 15) is 0 Å². The smallest absolute Gasteiger partial charge is 0.101 e. The second-order valence-electron chi connectivity index (χ2n) is 3.39. The van der Waals surface area contributed by atoms with Crippen LogP contribution in [-0.4, -0.2) is 0 Å². The van der Waals surface area contributed by atoms with Crippen LogP contribution in [0.25, 0.3) is 10.8 Å². The average Bonchev–Trinajstić information content (AvgIpc) is 2.27. The Morgan fingerprint density at radius 1 is 1.00 bits per heavy atom. The number of benzene rings is 2. The van der Waals surface area contributed by atoms with E-state index in [0.717, 1.165) is 16.3 Å². The topological polar surface area (TPSA) is 47.6 Å². The maximum atomic E-state index is 9.07. The Hall–Kier alpha value is -2.32. The molecule has 2 heteroatoms. The van der Waals surface area contributed by atoms with E-state index < -0.39 is 0 Å². The van der Waals surface area contributed by atoms with Crippen LogP contribution in [0, 0.1) is 29.6 Å². The van der Waals surface area contributed by atoms with Crippen LogP contribution in [0.1, 0.15) is 16.7 Å². The summed E-state index contributed by atoms with van der Waals surface area (Å²) in [5.41, 5.74) is 1.82. The third kappa shape index (κ3) is 1.33. The van der Waals surface area contributed by atoms with Gasteiger partial charge in [0.15, 0.2) is 0 Å². The summed E-state index contributed by atoms with van der Waals surface area (Å²) in [6.07, 6.45) is 0. The van der Waals surface area contributed by atoms with Crippen molar-refractivity contribution in [1.82, 2.24) is 0 Å². The Labute approximate surface area is 88.0 Å². The lowest BCUT2D eigenvalue weighted by atomic mass is 9.96. The monoisotopic (exact) mass is 192 g/mol. The SMILES string of the molecule is Cc1cc2ccccc2c(C#N)c1C#N. The first-order chi connectivity index (χ1) is 7.27. The summed E-state index contributed by atoms with van der Waals surface area (Å²) >= 11 is 0. The number of hydrogen-bond donors (Lipinski definition) is 0. The number of fused-ring (bicyclic) bond motifs is 1. The van der Waals surface area contributed by atoms with Crippen LogP contribution < -0.4 is 0 Å². The van der Waals surface area contributed by atoms with Crippen LogP contribution in [0.4, 0.5) is 0 Å². The molecule has 0 bridgehead atoms. The van der Waals surface area contributed by atoms with Gasteiger partial charge in [0, 0.05) is 5.39 Å². The highest BCUT2D eigenvalue weighted by molar-refractivity contribution is 5.90. The molecule has 2 nitrogen and oxygen atoms in total. The van der Waals surface area contributed by atoms with Crippen LogP contribution in [0.2, 0.25) is 0 Å². The minimum atomic E-state index is 0.480. The van der Waals surface area contributed by atoms with Gasteiger partial charge in [-0.15, -0.1) is 0 Å². The van der Waals surface area contributed by atoms with Crippen molar-refractivity contribution in [2.45, 2.75) is 6.92 Å². The largest absolute Gasteiger partial charge is 0.192 e. The average molecular weight is 192 g/mol. The molecule has 0 unspecified atom stereocenters. The highest BCUT2D eigenvalue weighted by Gasteiger charge is 2.09. The summed E-state index contributed by atoms with van der Waals surface area (Å²) in [6.45, 7) is 1.85. The molecule has 0 aliphatic rings. The highest BCUT2D eigenvalue weighted by atomic mass is 14.3. The van der Waals surface area contributed by atoms with Crippen molar-refractivity contribution >= 4 is 10.8 Å². The number of nitriles is 2. The predicted octanol–water partition coefficient (Wildman–Crippen LogP) is 2.89. The Morgan fingerprint density at radius 2 is 1.67 bits per heavy atom. The minimum absolute atomic E-state index is 0.480. The quantitative estimate of drug-likeness (QED) is 0.644. The zero-order valence-electron chi connectivity index (χ0n) is 8.28. The second kappa shape index (κ2) is 3.44. The van der Waals surface area contributed by atoms with Gasteiger partial charge in [-0.05, 0) is 17.9 Å². The maximum Gasteiger partial charge on any atom is 0.101 e. The fourth-order valence-corrected chi connectivity index (χ4v) is 1.75. The molecule has 70 valence electrons. The van der Waals surface area contributed by atoms with Crippen molar-refractivity contribution in [1.29, 1.82) is 10.5 Å². The first kappa shape index (κ1) is 9.24. The lowest BCUT2D eigenvalue weighted by Crippen LogP contribution is -1.90. The zero-order valence-corrected chi connectivity index (χ0v) is 8.28. The standard InChI is InChI=1S/C13H8N2/c1-9-6-10-4-2-3-5-11(10)13(8-15)12(9)7-14/h2-6H,1H3. The molecule has 0 aromatic heterocycles. The molecule has 0 heterocycles. The van der Waals surface area contributed by atoms with E-state index in [1.807, 2.05) is 37.3 Å². The molecule has 0 aliphatic carbocycles. The van der Waals surface area contributed by atoms with Crippen LogP contribution in [0.15, 0.2) is 30.3 Å². The number of hydrogen-bond acceptors (Lipinski definition) is 2. The first-order valence-corrected chi connectivity index (χ1v) is 4.60. The Morgan fingerprint density at radius 3 is 2.33 bits per heavy atom. The number of rotatable bonds is 0. The Balaban J connectivity index is 3.01. The minimum Gasteiger partial charge on any atom is -0.192 e. The van der Waals surface area contributed by atoms with Gasteiger partial charge in [0.2, 0.25) is 0 Å². The fraction of sp³-hybridized carbons (Fsp3) is 0.0769. The summed E-state index contributed by atoms with van der Waals surface area (Å²) < 4.78 is 0. The van der Waals surface area contributed by atoms with Gasteiger partial charge in [-0.25, -0.2) is 0 Å². The van der Waals surface area contributed by atoms with Crippen molar-refractivity contribution in [2.24, 2.45) is 0 Å². The second-order valence-corrected chi connectivity index (χ2v) is 3.39. The number of nitrogens with zero attached hydrogens (tertiary/aromatic N) is 2. The molecule has 0 fully saturated rings. The van der Waals surface area contributed by atoms with Gasteiger partial charge in [0.25, 0.3) is 0 Å².